The standard InChI is InChI=1S/C17H17BrN2O2/c1-12-7-13(2)9-16(8-12)22-11-17(21)20-19-10-14-3-5-15(18)6-4-14/h3-10H,11H2,1-2H3,(H,20,21). The predicted octanol–water partition coefficient (Wildman–Crippen LogP) is 3.60. The van der Waals surface area contributed by atoms with Crippen molar-refractivity contribution in [2.75, 3.05) is 6.61 Å². The number of rotatable bonds is 5. The van der Waals surface area contributed by atoms with E-state index >= 15 is 0 Å². The highest BCUT2D eigenvalue weighted by molar-refractivity contribution is 9.10. The van der Waals surface area contributed by atoms with Crippen molar-refractivity contribution in [3.63, 3.8) is 0 Å². The van der Waals surface area contributed by atoms with Gasteiger partial charge in [-0.05, 0) is 54.8 Å². The molecule has 0 atom stereocenters. The highest BCUT2D eigenvalue weighted by Gasteiger charge is 2.02. The van der Waals surface area contributed by atoms with Gasteiger partial charge < -0.3 is 4.74 Å². The summed E-state index contributed by atoms with van der Waals surface area (Å²) in [5, 5.41) is 3.90. The Balaban J connectivity index is 1.81. The quantitative estimate of drug-likeness (QED) is 0.654. The first-order chi connectivity index (χ1) is 10.5. The summed E-state index contributed by atoms with van der Waals surface area (Å²) in [7, 11) is 0. The third kappa shape index (κ3) is 5.33. The fourth-order valence-electron chi connectivity index (χ4n) is 1.93. The Morgan fingerprint density at radius 1 is 1.18 bits per heavy atom. The van der Waals surface area contributed by atoms with E-state index in [4.69, 9.17) is 4.74 Å². The summed E-state index contributed by atoms with van der Waals surface area (Å²) in [6, 6.07) is 13.4. The van der Waals surface area contributed by atoms with E-state index in [-0.39, 0.29) is 12.5 Å². The van der Waals surface area contributed by atoms with Gasteiger partial charge in [0.15, 0.2) is 6.61 Å². The van der Waals surface area contributed by atoms with Crippen LogP contribution in [-0.4, -0.2) is 18.7 Å². The molecule has 0 radical (unpaired) electrons. The van der Waals surface area contributed by atoms with Gasteiger partial charge in [-0.25, -0.2) is 5.43 Å². The number of ether oxygens (including phenoxy) is 1. The molecule has 1 N–H and O–H groups in total. The monoisotopic (exact) mass is 360 g/mol. The number of halogens is 1. The molecule has 4 nitrogen and oxygen atoms in total. The number of hydrazone groups is 1. The Morgan fingerprint density at radius 2 is 1.82 bits per heavy atom. The lowest BCUT2D eigenvalue weighted by Gasteiger charge is -2.07. The van der Waals surface area contributed by atoms with Crippen LogP contribution in [0.15, 0.2) is 52.0 Å². The first kappa shape index (κ1) is 16.2. The van der Waals surface area contributed by atoms with Crippen LogP contribution in [0.2, 0.25) is 0 Å². The van der Waals surface area contributed by atoms with E-state index in [0.29, 0.717) is 5.75 Å². The fraction of sp³-hybridized carbons (Fsp3) is 0.176. The SMILES string of the molecule is Cc1cc(C)cc(OCC(=O)NN=Cc2ccc(Br)cc2)c1. The van der Waals surface area contributed by atoms with Crippen molar-refractivity contribution in [2.45, 2.75) is 13.8 Å². The molecule has 2 aromatic carbocycles. The minimum atomic E-state index is -0.299. The van der Waals surface area contributed by atoms with Crippen molar-refractivity contribution in [1.82, 2.24) is 5.43 Å². The lowest BCUT2D eigenvalue weighted by molar-refractivity contribution is -0.123. The minimum Gasteiger partial charge on any atom is -0.484 e. The van der Waals surface area contributed by atoms with Gasteiger partial charge in [0, 0.05) is 4.47 Å². The molecule has 114 valence electrons. The normalized spacial score (nSPS) is 10.7. The maximum Gasteiger partial charge on any atom is 0.277 e. The molecule has 0 saturated heterocycles. The Labute approximate surface area is 138 Å². The van der Waals surface area contributed by atoms with Gasteiger partial charge in [-0.3, -0.25) is 4.79 Å². The molecular formula is C17H17BrN2O2. The molecule has 0 spiro atoms. The Morgan fingerprint density at radius 3 is 2.45 bits per heavy atom. The van der Waals surface area contributed by atoms with Gasteiger partial charge in [-0.2, -0.15) is 5.10 Å². The lowest BCUT2D eigenvalue weighted by Crippen LogP contribution is -2.24. The lowest BCUT2D eigenvalue weighted by atomic mass is 10.1. The van der Waals surface area contributed by atoms with Crippen LogP contribution < -0.4 is 10.2 Å². The van der Waals surface area contributed by atoms with Crippen molar-refractivity contribution in [3.05, 3.63) is 63.6 Å². The van der Waals surface area contributed by atoms with Crippen molar-refractivity contribution in [3.8, 4) is 5.75 Å². The summed E-state index contributed by atoms with van der Waals surface area (Å²) in [5.74, 6) is 0.386. The van der Waals surface area contributed by atoms with Crippen LogP contribution in [0.5, 0.6) is 5.75 Å². The predicted molar refractivity (Wildman–Crippen MR) is 91.3 cm³/mol. The van der Waals surface area contributed by atoms with Crippen molar-refractivity contribution in [2.24, 2.45) is 5.10 Å². The van der Waals surface area contributed by atoms with Gasteiger partial charge in [0.25, 0.3) is 5.91 Å². The highest BCUT2D eigenvalue weighted by atomic mass is 79.9. The zero-order valence-electron chi connectivity index (χ0n) is 12.5. The van der Waals surface area contributed by atoms with Crippen LogP contribution in [-0.2, 0) is 4.79 Å². The third-order valence-electron chi connectivity index (χ3n) is 2.84. The van der Waals surface area contributed by atoms with Gasteiger partial charge in [0.2, 0.25) is 0 Å². The molecule has 0 bridgehead atoms. The molecule has 0 aliphatic carbocycles. The average Bonchev–Trinajstić information content (AvgIpc) is 2.46. The van der Waals surface area contributed by atoms with E-state index in [1.54, 1.807) is 6.21 Å². The molecule has 0 heterocycles. The molecule has 0 unspecified atom stereocenters. The average molecular weight is 361 g/mol. The first-order valence-electron chi connectivity index (χ1n) is 6.81. The number of nitrogens with zero attached hydrogens (tertiary/aromatic N) is 1. The van der Waals surface area contributed by atoms with Crippen LogP contribution in [0.25, 0.3) is 0 Å². The van der Waals surface area contributed by atoms with Gasteiger partial charge in [0.1, 0.15) is 5.75 Å². The molecule has 0 aromatic heterocycles. The van der Waals surface area contributed by atoms with Crippen LogP contribution >= 0.6 is 15.9 Å². The molecule has 2 rings (SSSR count). The molecule has 5 heteroatoms. The van der Waals surface area contributed by atoms with Crippen molar-refractivity contribution < 1.29 is 9.53 Å². The smallest absolute Gasteiger partial charge is 0.277 e. The van der Waals surface area contributed by atoms with Crippen molar-refractivity contribution >= 4 is 28.1 Å². The van der Waals surface area contributed by atoms with E-state index in [1.807, 2.05) is 50.2 Å². The third-order valence-corrected chi connectivity index (χ3v) is 3.37. The highest BCUT2D eigenvalue weighted by Crippen LogP contribution is 2.15. The summed E-state index contributed by atoms with van der Waals surface area (Å²) >= 11 is 3.36. The number of aryl methyl sites for hydroxylation is 2. The Bertz CT molecular complexity index is 661. The summed E-state index contributed by atoms with van der Waals surface area (Å²) in [6.07, 6.45) is 1.58. The molecule has 2 aromatic rings. The van der Waals surface area contributed by atoms with E-state index in [0.717, 1.165) is 21.2 Å². The Kier molecular flexibility index (Phi) is 5.72. The first-order valence-corrected chi connectivity index (χ1v) is 7.61. The molecule has 0 saturated carbocycles. The van der Waals surface area contributed by atoms with Crippen LogP contribution in [0.3, 0.4) is 0 Å². The van der Waals surface area contributed by atoms with Gasteiger partial charge in [0.05, 0.1) is 6.21 Å². The number of benzene rings is 2. The zero-order valence-corrected chi connectivity index (χ0v) is 14.1. The molecule has 22 heavy (non-hydrogen) atoms. The number of hydrogen-bond acceptors (Lipinski definition) is 3. The number of nitrogens with one attached hydrogen (secondary N) is 1. The Hall–Kier alpha value is -2.14. The summed E-state index contributed by atoms with van der Waals surface area (Å²) < 4.78 is 6.45. The van der Waals surface area contributed by atoms with Crippen LogP contribution in [0.1, 0.15) is 16.7 Å². The molecule has 0 aliphatic heterocycles. The second-order valence-corrected chi connectivity index (χ2v) is 5.87. The van der Waals surface area contributed by atoms with Crippen LogP contribution in [0, 0.1) is 13.8 Å². The minimum absolute atomic E-state index is 0.0689. The van der Waals surface area contributed by atoms with Gasteiger partial charge in [-0.1, -0.05) is 34.1 Å². The van der Waals surface area contributed by atoms with E-state index < -0.39 is 0 Å². The van der Waals surface area contributed by atoms with E-state index in [1.165, 1.54) is 0 Å². The molecular weight excluding hydrogens is 344 g/mol. The topological polar surface area (TPSA) is 50.7 Å². The fourth-order valence-corrected chi connectivity index (χ4v) is 2.19. The summed E-state index contributed by atoms with van der Waals surface area (Å²) in [5.41, 5.74) is 5.54. The maximum absolute atomic E-state index is 11.7. The second-order valence-electron chi connectivity index (χ2n) is 4.96. The van der Waals surface area contributed by atoms with E-state index in [9.17, 15) is 4.79 Å². The van der Waals surface area contributed by atoms with Crippen molar-refractivity contribution in [1.29, 1.82) is 0 Å². The number of amides is 1. The summed E-state index contributed by atoms with van der Waals surface area (Å²) in [6.45, 7) is 3.91. The zero-order chi connectivity index (χ0) is 15.9. The molecule has 0 fully saturated rings. The molecule has 1 amide bonds. The van der Waals surface area contributed by atoms with E-state index in [2.05, 4.69) is 32.5 Å². The van der Waals surface area contributed by atoms with Crippen LogP contribution in [0.4, 0.5) is 0 Å². The number of carbonyl (C=O) groups excluding carboxylic acids is 1. The number of carbonyl (C=O) groups is 1. The summed E-state index contributed by atoms with van der Waals surface area (Å²) in [4.78, 5) is 11.7. The van der Waals surface area contributed by atoms with Gasteiger partial charge in [-0.15, -0.1) is 0 Å². The maximum atomic E-state index is 11.7. The number of hydrogen-bond donors (Lipinski definition) is 1. The second kappa shape index (κ2) is 7.75. The molecule has 0 aliphatic rings. The largest absolute Gasteiger partial charge is 0.484 e. The van der Waals surface area contributed by atoms with Gasteiger partial charge >= 0.3 is 0 Å².